The maximum absolute atomic E-state index is 6.18. The van der Waals surface area contributed by atoms with Crippen molar-refractivity contribution >= 4 is 28.2 Å². The van der Waals surface area contributed by atoms with Gasteiger partial charge >= 0.3 is 0 Å². The highest BCUT2D eigenvalue weighted by Gasteiger charge is 2.27. The van der Waals surface area contributed by atoms with Gasteiger partial charge in [0.05, 0.1) is 22.8 Å². The number of rotatable bonds is 3. The number of oxazole rings is 1. The molecule has 0 atom stereocenters. The highest BCUT2D eigenvalue weighted by molar-refractivity contribution is 6.02. The van der Waals surface area contributed by atoms with E-state index < -0.39 is 0 Å². The molecule has 188 valence electrons. The lowest BCUT2D eigenvalue weighted by molar-refractivity contribution is 0.620. The second-order valence-electron chi connectivity index (χ2n) is 9.74. The SMILES string of the molecule is c1ccc(-c2cccc(N3c4ccccc4-c4cccnc4-c4ccc(-c5nc6ccccc6o5)cc43)c2)nc1. The highest BCUT2D eigenvalue weighted by Crippen LogP contribution is 2.51. The third-order valence-corrected chi connectivity index (χ3v) is 7.34. The number of fused-ring (bicyclic) bond motifs is 6. The van der Waals surface area contributed by atoms with E-state index in [9.17, 15) is 0 Å². The van der Waals surface area contributed by atoms with Crippen LogP contribution in [0.1, 0.15) is 0 Å². The predicted octanol–water partition coefficient (Wildman–Crippen LogP) is 9.07. The minimum atomic E-state index is 0.588. The molecular formula is C35H22N4O. The van der Waals surface area contributed by atoms with Crippen molar-refractivity contribution < 1.29 is 4.42 Å². The van der Waals surface area contributed by atoms with E-state index in [0.29, 0.717) is 5.89 Å². The molecule has 0 fully saturated rings. The van der Waals surface area contributed by atoms with E-state index >= 15 is 0 Å². The van der Waals surface area contributed by atoms with E-state index in [-0.39, 0.29) is 0 Å². The second kappa shape index (κ2) is 9.03. The van der Waals surface area contributed by atoms with Crippen molar-refractivity contribution in [2.75, 3.05) is 4.90 Å². The number of aromatic nitrogens is 3. The Hall–Kier alpha value is -5.55. The first-order valence-corrected chi connectivity index (χ1v) is 13.2. The Morgan fingerprint density at radius 3 is 2.33 bits per heavy atom. The van der Waals surface area contributed by atoms with Crippen LogP contribution in [0.5, 0.6) is 0 Å². The molecule has 1 aliphatic rings. The Labute approximate surface area is 231 Å². The van der Waals surface area contributed by atoms with Crippen molar-refractivity contribution in [1.82, 2.24) is 15.0 Å². The minimum absolute atomic E-state index is 0.588. The van der Waals surface area contributed by atoms with Crippen LogP contribution < -0.4 is 4.90 Å². The fourth-order valence-electron chi connectivity index (χ4n) is 5.53. The van der Waals surface area contributed by atoms with Gasteiger partial charge in [-0.3, -0.25) is 9.97 Å². The molecule has 5 heteroatoms. The van der Waals surface area contributed by atoms with Gasteiger partial charge in [0.15, 0.2) is 5.58 Å². The third kappa shape index (κ3) is 3.60. The minimum Gasteiger partial charge on any atom is -0.436 e. The van der Waals surface area contributed by atoms with Gasteiger partial charge < -0.3 is 9.32 Å². The second-order valence-corrected chi connectivity index (χ2v) is 9.74. The molecule has 0 saturated carbocycles. The monoisotopic (exact) mass is 514 g/mol. The van der Waals surface area contributed by atoms with Crippen molar-refractivity contribution in [1.29, 1.82) is 0 Å². The van der Waals surface area contributed by atoms with Gasteiger partial charge in [0, 0.05) is 45.9 Å². The van der Waals surface area contributed by atoms with E-state index in [0.717, 1.165) is 67.4 Å². The van der Waals surface area contributed by atoms with Crippen LogP contribution in [0.15, 0.2) is 138 Å². The third-order valence-electron chi connectivity index (χ3n) is 7.34. The van der Waals surface area contributed by atoms with Crippen LogP contribution >= 0.6 is 0 Å². The summed E-state index contributed by atoms with van der Waals surface area (Å²) in [5, 5.41) is 0. The topological polar surface area (TPSA) is 55.1 Å². The largest absolute Gasteiger partial charge is 0.436 e. The van der Waals surface area contributed by atoms with Gasteiger partial charge in [-0.2, -0.15) is 0 Å². The van der Waals surface area contributed by atoms with Gasteiger partial charge in [-0.15, -0.1) is 0 Å². The Balaban J connectivity index is 1.40. The quantitative estimate of drug-likeness (QED) is 0.235. The molecule has 4 heterocycles. The van der Waals surface area contributed by atoms with Gasteiger partial charge in [-0.1, -0.05) is 54.6 Å². The van der Waals surface area contributed by atoms with Crippen molar-refractivity contribution in [3.8, 4) is 45.1 Å². The van der Waals surface area contributed by atoms with Crippen molar-refractivity contribution in [3.05, 3.63) is 134 Å². The first-order chi connectivity index (χ1) is 19.8. The number of pyridine rings is 2. The van der Waals surface area contributed by atoms with Gasteiger partial charge in [0.1, 0.15) is 5.52 Å². The summed E-state index contributed by atoms with van der Waals surface area (Å²) < 4.78 is 6.18. The fraction of sp³-hybridized carbons (Fsp3) is 0. The zero-order valence-corrected chi connectivity index (χ0v) is 21.4. The molecule has 0 saturated heterocycles. The number of benzene rings is 4. The summed E-state index contributed by atoms with van der Waals surface area (Å²) in [6.45, 7) is 0. The molecule has 0 N–H and O–H groups in total. The van der Waals surface area contributed by atoms with Gasteiger partial charge in [-0.05, 0) is 66.7 Å². The average molecular weight is 515 g/mol. The molecule has 0 amide bonds. The van der Waals surface area contributed by atoms with Crippen molar-refractivity contribution in [3.63, 3.8) is 0 Å². The molecule has 0 bridgehead atoms. The highest BCUT2D eigenvalue weighted by atomic mass is 16.3. The number of hydrogen-bond acceptors (Lipinski definition) is 5. The molecule has 0 unspecified atom stereocenters. The number of anilines is 3. The van der Waals surface area contributed by atoms with E-state index in [1.165, 1.54) is 0 Å². The summed E-state index contributed by atoms with van der Waals surface area (Å²) in [5.74, 6) is 0.588. The van der Waals surface area contributed by atoms with Crippen LogP contribution in [0.2, 0.25) is 0 Å². The molecule has 4 aromatic carbocycles. The summed E-state index contributed by atoms with van der Waals surface area (Å²) in [6, 6.07) is 41.4. The van der Waals surface area contributed by atoms with E-state index in [1.54, 1.807) is 0 Å². The molecule has 0 spiro atoms. The first-order valence-electron chi connectivity index (χ1n) is 13.2. The van der Waals surface area contributed by atoms with Crippen LogP contribution in [-0.2, 0) is 0 Å². The predicted molar refractivity (Wildman–Crippen MR) is 160 cm³/mol. The number of para-hydroxylation sites is 3. The lowest BCUT2D eigenvalue weighted by Gasteiger charge is -2.28. The molecule has 5 nitrogen and oxygen atoms in total. The molecule has 3 aromatic heterocycles. The van der Waals surface area contributed by atoms with Crippen LogP contribution in [0.4, 0.5) is 17.1 Å². The summed E-state index contributed by atoms with van der Waals surface area (Å²) in [7, 11) is 0. The maximum atomic E-state index is 6.18. The smallest absolute Gasteiger partial charge is 0.227 e. The summed E-state index contributed by atoms with van der Waals surface area (Å²) >= 11 is 0. The van der Waals surface area contributed by atoms with Crippen LogP contribution in [0.25, 0.3) is 56.2 Å². The summed E-state index contributed by atoms with van der Waals surface area (Å²) in [6.07, 6.45) is 3.69. The Morgan fingerprint density at radius 2 is 1.40 bits per heavy atom. The molecule has 0 aliphatic carbocycles. The molecule has 1 aliphatic heterocycles. The molecular weight excluding hydrogens is 492 g/mol. The van der Waals surface area contributed by atoms with Crippen molar-refractivity contribution in [2.24, 2.45) is 0 Å². The molecule has 0 radical (unpaired) electrons. The molecule has 8 rings (SSSR count). The van der Waals surface area contributed by atoms with Gasteiger partial charge in [0.2, 0.25) is 5.89 Å². The Morgan fingerprint density at radius 1 is 0.550 bits per heavy atom. The number of hydrogen-bond donors (Lipinski definition) is 0. The molecule has 7 aromatic rings. The van der Waals surface area contributed by atoms with Crippen LogP contribution in [0, 0.1) is 0 Å². The number of nitrogens with zero attached hydrogens (tertiary/aromatic N) is 4. The zero-order chi connectivity index (χ0) is 26.5. The standard InChI is InChI=1S/C35H22N4O/c1-3-15-31-26(11-1)27-12-8-20-37-34(27)28-18-17-24(35-38-30-14-2-4-16-33(30)40-35)22-32(28)39(31)25-10-7-9-23(21-25)29-13-5-6-19-36-29/h1-22H. The van der Waals surface area contributed by atoms with Crippen molar-refractivity contribution in [2.45, 2.75) is 0 Å². The van der Waals surface area contributed by atoms with Gasteiger partial charge in [-0.25, -0.2) is 4.98 Å². The van der Waals surface area contributed by atoms with Crippen LogP contribution in [0.3, 0.4) is 0 Å². The summed E-state index contributed by atoms with van der Waals surface area (Å²) in [5.41, 5.74) is 11.8. The Bertz CT molecular complexity index is 2000. The Kier molecular flexibility index (Phi) is 5.07. The summed E-state index contributed by atoms with van der Waals surface area (Å²) in [4.78, 5) is 16.6. The zero-order valence-electron chi connectivity index (χ0n) is 21.4. The maximum Gasteiger partial charge on any atom is 0.227 e. The van der Waals surface area contributed by atoms with Gasteiger partial charge in [0.25, 0.3) is 0 Å². The molecule has 40 heavy (non-hydrogen) atoms. The van der Waals surface area contributed by atoms with E-state index in [1.807, 2.05) is 60.9 Å². The van der Waals surface area contributed by atoms with E-state index in [2.05, 4.69) is 82.7 Å². The normalized spacial score (nSPS) is 11.9. The average Bonchev–Trinajstić information content (AvgIpc) is 3.42. The lowest BCUT2D eigenvalue weighted by Crippen LogP contribution is -2.11. The first kappa shape index (κ1) is 22.4. The van der Waals surface area contributed by atoms with E-state index in [4.69, 9.17) is 14.4 Å². The fourth-order valence-corrected chi connectivity index (χ4v) is 5.53. The lowest BCUT2D eigenvalue weighted by atomic mass is 9.99. The van der Waals surface area contributed by atoms with Crippen LogP contribution in [-0.4, -0.2) is 15.0 Å².